The van der Waals surface area contributed by atoms with Crippen LogP contribution < -0.4 is 5.73 Å². The number of ether oxygens (including phenoxy) is 1. The van der Waals surface area contributed by atoms with E-state index in [1.54, 1.807) is 6.92 Å². The first-order valence-corrected chi connectivity index (χ1v) is 12.3. The van der Waals surface area contributed by atoms with E-state index in [0.29, 0.717) is 12.8 Å². The van der Waals surface area contributed by atoms with Crippen molar-refractivity contribution in [2.24, 2.45) is 0 Å². The number of aromatic nitrogens is 4. The van der Waals surface area contributed by atoms with Crippen molar-refractivity contribution < 1.29 is 28.9 Å². The maximum atomic E-state index is 12.7. The summed E-state index contributed by atoms with van der Waals surface area (Å²) in [4.78, 5) is 22.5. The molecule has 13 heteroatoms. The van der Waals surface area contributed by atoms with Crippen LogP contribution in [0, 0.1) is 0 Å². The third-order valence-electron chi connectivity index (χ3n) is 6.05. The number of halogens is 1. The number of imidazole rings is 1. The fourth-order valence-corrected chi connectivity index (χ4v) is 5.32. The summed E-state index contributed by atoms with van der Waals surface area (Å²) in [5.41, 5.74) is 4.37. The average molecular weight is 490 g/mol. The van der Waals surface area contributed by atoms with Crippen LogP contribution in [0.2, 0.25) is 5.15 Å². The molecule has 2 aromatic heterocycles. The van der Waals surface area contributed by atoms with Gasteiger partial charge in [-0.15, -0.1) is 6.58 Å². The number of fused-ring (bicyclic) bond motifs is 1. The molecule has 3 heterocycles. The Morgan fingerprint density at radius 1 is 1.41 bits per heavy atom. The topological polar surface area (TPSA) is 166 Å². The molecule has 1 aliphatic heterocycles. The maximum Gasteiger partial charge on any atom is 0.335 e. The Hall–Kier alpha value is -1.59. The highest BCUT2D eigenvalue weighted by atomic mass is 35.5. The van der Waals surface area contributed by atoms with Gasteiger partial charge in [0, 0.05) is 6.42 Å². The first kappa shape index (κ1) is 25.0. The maximum absolute atomic E-state index is 12.7. The van der Waals surface area contributed by atoms with E-state index in [0.717, 1.165) is 0 Å². The highest BCUT2D eigenvalue weighted by Crippen LogP contribution is 2.54. The van der Waals surface area contributed by atoms with Gasteiger partial charge in [-0.3, -0.25) is 9.13 Å². The van der Waals surface area contributed by atoms with Gasteiger partial charge in [-0.1, -0.05) is 31.5 Å². The summed E-state index contributed by atoms with van der Waals surface area (Å²) in [6.07, 6.45) is -0.962. The number of nitrogen functional groups attached to an aromatic ring is 1. The predicted molar refractivity (Wildman–Crippen MR) is 119 cm³/mol. The van der Waals surface area contributed by atoms with Crippen molar-refractivity contribution in [2.45, 2.75) is 75.8 Å². The van der Waals surface area contributed by atoms with Gasteiger partial charge in [0.2, 0.25) is 5.95 Å². The van der Waals surface area contributed by atoms with Crippen LogP contribution in [0.25, 0.3) is 11.2 Å². The number of rotatable bonds is 9. The molecule has 6 atom stereocenters. The zero-order valence-electron chi connectivity index (χ0n) is 18.1. The number of aliphatic hydroxyl groups excluding tert-OH is 2. The molecule has 11 nitrogen and oxygen atoms in total. The number of hydrogen-bond donors (Lipinski definition) is 4. The Kier molecular flexibility index (Phi) is 7.31. The lowest BCUT2D eigenvalue weighted by Gasteiger charge is -2.37. The molecule has 5 N–H and O–H groups in total. The van der Waals surface area contributed by atoms with Gasteiger partial charge in [-0.2, -0.15) is 9.97 Å². The van der Waals surface area contributed by atoms with Gasteiger partial charge in [0.15, 0.2) is 17.0 Å². The van der Waals surface area contributed by atoms with E-state index in [-0.39, 0.29) is 28.7 Å². The molecule has 1 saturated heterocycles. The molecule has 0 saturated carbocycles. The third-order valence-corrected chi connectivity index (χ3v) is 8.20. The molecule has 0 aromatic carbocycles. The molecule has 0 amide bonds. The fourth-order valence-electron chi connectivity index (χ4n) is 3.78. The number of hydrogen-bond acceptors (Lipinski definition) is 9. The van der Waals surface area contributed by atoms with Gasteiger partial charge >= 0.3 is 7.60 Å². The van der Waals surface area contributed by atoms with Crippen LogP contribution in [0.5, 0.6) is 0 Å². The molecule has 3 rings (SSSR count). The lowest BCUT2D eigenvalue weighted by molar-refractivity contribution is -0.0711. The number of aliphatic hydroxyl groups is 2. The third kappa shape index (κ3) is 4.56. The first-order valence-electron chi connectivity index (χ1n) is 10.3. The van der Waals surface area contributed by atoms with Crippen molar-refractivity contribution in [3.8, 4) is 0 Å². The lowest BCUT2D eigenvalue weighted by Crippen LogP contribution is -2.40. The van der Waals surface area contributed by atoms with E-state index in [1.807, 2.05) is 13.8 Å². The summed E-state index contributed by atoms with van der Waals surface area (Å²) >= 11 is 6.07. The molecule has 32 heavy (non-hydrogen) atoms. The zero-order valence-corrected chi connectivity index (χ0v) is 19.8. The van der Waals surface area contributed by atoms with E-state index >= 15 is 0 Å². The second-order valence-corrected chi connectivity index (χ2v) is 10.5. The van der Waals surface area contributed by atoms with Gasteiger partial charge in [0.05, 0.1) is 23.7 Å². The lowest BCUT2D eigenvalue weighted by atomic mass is 9.88. The Balaban J connectivity index is 1.89. The van der Waals surface area contributed by atoms with Crippen molar-refractivity contribution in [3.63, 3.8) is 0 Å². The standard InChI is InChI=1S/C19H29ClN5O6P/c1-5-10(4)32(28,29)31-19(6-2,7-3)8-11-13(26)14(27)17(30-11)25-9-22-12-15(20)23-18(21)24-16(12)25/h5,9-11,13-14,17,26-27H,1,6-8H2,2-4H3,(H,28,29)(H2,21,23,24). The van der Waals surface area contributed by atoms with E-state index in [4.69, 9.17) is 26.6 Å². The summed E-state index contributed by atoms with van der Waals surface area (Å²) in [6, 6.07) is 0. The molecular weight excluding hydrogens is 461 g/mol. The summed E-state index contributed by atoms with van der Waals surface area (Å²) in [5.74, 6) is -0.0757. The second kappa shape index (κ2) is 9.34. The van der Waals surface area contributed by atoms with Crippen LogP contribution >= 0.6 is 19.2 Å². The average Bonchev–Trinajstić information content (AvgIpc) is 3.28. The molecule has 178 valence electrons. The predicted octanol–water partition coefficient (Wildman–Crippen LogP) is 2.41. The minimum absolute atomic E-state index is 0.0512. The normalized spacial score (nSPS) is 26.8. The molecule has 6 unspecified atom stereocenters. The second-order valence-electron chi connectivity index (χ2n) is 7.97. The van der Waals surface area contributed by atoms with E-state index < -0.39 is 43.4 Å². The van der Waals surface area contributed by atoms with Crippen molar-refractivity contribution in [3.05, 3.63) is 24.1 Å². The van der Waals surface area contributed by atoms with Crippen LogP contribution in [0.1, 0.15) is 46.3 Å². The molecular formula is C19H29ClN5O6P. The van der Waals surface area contributed by atoms with Gasteiger partial charge in [0.1, 0.15) is 17.7 Å². The van der Waals surface area contributed by atoms with E-state index in [1.165, 1.54) is 17.0 Å². The molecule has 0 aliphatic carbocycles. The van der Waals surface area contributed by atoms with Crippen LogP contribution in [-0.4, -0.2) is 64.2 Å². The molecule has 0 radical (unpaired) electrons. The molecule has 1 aliphatic rings. The minimum atomic E-state index is -4.02. The smallest absolute Gasteiger partial charge is 0.335 e. The fraction of sp³-hybridized carbons (Fsp3) is 0.632. The summed E-state index contributed by atoms with van der Waals surface area (Å²) in [7, 11) is -4.02. The van der Waals surface area contributed by atoms with Crippen LogP contribution in [0.3, 0.4) is 0 Å². The van der Waals surface area contributed by atoms with Gasteiger partial charge in [0.25, 0.3) is 0 Å². The SMILES string of the molecule is C=CC(C)P(=O)(O)OC(CC)(CC)CC1OC(n2cnc3c(Cl)nc(N)nc32)C(O)C1O. The summed E-state index contributed by atoms with van der Waals surface area (Å²) in [5, 5.41) is 21.5. The number of allylic oxidation sites excluding steroid dienone is 1. The number of nitrogens with two attached hydrogens (primary N) is 1. The van der Waals surface area contributed by atoms with Gasteiger partial charge in [-0.05, 0) is 19.8 Å². The Labute approximate surface area is 190 Å². The van der Waals surface area contributed by atoms with Gasteiger partial charge in [-0.25, -0.2) is 4.98 Å². The Bertz CT molecular complexity index is 1030. The van der Waals surface area contributed by atoms with Crippen molar-refractivity contribution >= 4 is 36.3 Å². The monoisotopic (exact) mass is 489 g/mol. The van der Waals surface area contributed by atoms with Crippen molar-refractivity contribution in [1.29, 1.82) is 0 Å². The van der Waals surface area contributed by atoms with E-state index in [9.17, 15) is 19.7 Å². The molecule has 0 spiro atoms. The molecule has 2 aromatic rings. The quantitative estimate of drug-likeness (QED) is 0.233. The van der Waals surface area contributed by atoms with Crippen molar-refractivity contribution in [2.75, 3.05) is 5.73 Å². The number of anilines is 1. The highest BCUT2D eigenvalue weighted by Gasteiger charge is 2.49. The van der Waals surface area contributed by atoms with Gasteiger partial charge < -0.3 is 30.1 Å². The molecule has 0 bridgehead atoms. The van der Waals surface area contributed by atoms with Crippen LogP contribution in [0.4, 0.5) is 5.95 Å². The summed E-state index contributed by atoms with van der Waals surface area (Å²) in [6.45, 7) is 8.75. The Morgan fingerprint density at radius 2 is 2.06 bits per heavy atom. The largest absolute Gasteiger partial charge is 0.388 e. The van der Waals surface area contributed by atoms with E-state index in [2.05, 4.69) is 21.5 Å². The van der Waals surface area contributed by atoms with Crippen molar-refractivity contribution in [1.82, 2.24) is 19.5 Å². The molecule has 1 fully saturated rings. The minimum Gasteiger partial charge on any atom is -0.388 e. The Morgan fingerprint density at radius 3 is 2.66 bits per heavy atom. The zero-order chi connectivity index (χ0) is 23.8. The summed E-state index contributed by atoms with van der Waals surface area (Å²) < 4.78 is 25.9. The number of nitrogens with zero attached hydrogens (tertiary/aromatic N) is 4. The first-order chi connectivity index (χ1) is 15.0. The van der Waals surface area contributed by atoms with Crippen LogP contribution in [-0.2, 0) is 13.8 Å². The van der Waals surface area contributed by atoms with Crippen LogP contribution in [0.15, 0.2) is 19.0 Å². The highest BCUT2D eigenvalue weighted by molar-refractivity contribution is 7.53.